The molecule has 0 saturated carbocycles. The van der Waals surface area contributed by atoms with Crippen molar-refractivity contribution in [2.75, 3.05) is 44.6 Å². The van der Waals surface area contributed by atoms with Crippen molar-refractivity contribution in [3.8, 4) is 0 Å². The Balaban J connectivity index is 1.16. The highest BCUT2D eigenvalue weighted by Crippen LogP contribution is 2.27. The Labute approximate surface area is 219 Å². The molecule has 1 aliphatic heterocycles. The average Bonchev–Trinajstić information content (AvgIpc) is 2.90. The Hall–Kier alpha value is -3.30. The lowest BCUT2D eigenvalue weighted by Crippen LogP contribution is -2.48. The molecular weight excluding hydrogens is 482 g/mol. The minimum absolute atomic E-state index is 0.250. The van der Waals surface area contributed by atoms with E-state index in [4.69, 9.17) is 0 Å². The van der Waals surface area contributed by atoms with E-state index in [0.29, 0.717) is 18.8 Å². The van der Waals surface area contributed by atoms with Crippen molar-refractivity contribution in [1.29, 1.82) is 0 Å². The van der Waals surface area contributed by atoms with Gasteiger partial charge in [-0.1, -0.05) is 54.6 Å². The lowest BCUT2D eigenvalue weighted by molar-refractivity contribution is 0.129. The minimum Gasteiger partial charge on any atom is -0.355 e. The summed E-state index contributed by atoms with van der Waals surface area (Å²) in [6.45, 7) is 7.83. The van der Waals surface area contributed by atoms with Gasteiger partial charge in [-0.25, -0.2) is 13.1 Å². The molecule has 1 fully saturated rings. The molecule has 1 saturated heterocycles. The number of piperazine rings is 1. The quantitative estimate of drug-likeness (QED) is 0.345. The Morgan fingerprint density at radius 3 is 2.38 bits per heavy atom. The van der Waals surface area contributed by atoms with Crippen molar-refractivity contribution in [3.63, 3.8) is 0 Å². The van der Waals surface area contributed by atoms with Gasteiger partial charge in [0.15, 0.2) is 0 Å². The van der Waals surface area contributed by atoms with Gasteiger partial charge in [0.1, 0.15) is 0 Å². The smallest absolute Gasteiger partial charge is 0.240 e. The number of sulfonamides is 1. The molecule has 0 atom stereocenters. The number of hydrogen-bond acceptors (Lipinski definition) is 6. The van der Waals surface area contributed by atoms with Gasteiger partial charge in [0.2, 0.25) is 10.0 Å². The van der Waals surface area contributed by atoms with E-state index in [1.807, 2.05) is 49.4 Å². The van der Waals surface area contributed by atoms with Crippen molar-refractivity contribution in [2.45, 2.75) is 18.4 Å². The molecule has 0 spiro atoms. The summed E-state index contributed by atoms with van der Waals surface area (Å²) in [6, 6.07) is 27.3. The number of aryl methyl sites for hydroxylation is 1. The molecule has 0 bridgehead atoms. The second kappa shape index (κ2) is 11.4. The summed E-state index contributed by atoms with van der Waals surface area (Å²) in [5, 5.41) is 4.37. The highest BCUT2D eigenvalue weighted by molar-refractivity contribution is 7.89. The van der Waals surface area contributed by atoms with Crippen molar-refractivity contribution in [2.24, 2.45) is 0 Å². The summed E-state index contributed by atoms with van der Waals surface area (Å²) in [6.07, 6.45) is 0. The highest BCUT2D eigenvalue weighted by atomic mass is 32.2. The van der Waals surface area contributed by atoms with E-state index in [0.717, 1.165) is 55.0 Å². The predicted octanol–water partition coefficient (Wildman–Crippen LogP) is 4.38. The standard InChI is InChI=1S/C29H33N5O2S/c1-23-20-29(27-12-5-6-13-28(27)31-23)32-25-10-7-11-26(21-25)37(35,36)30-14-15-33-16-18-34(19-17-33)22-24-8-3-2-4-9-24/h2-13,20-21,30H,14-19,22H2,1H3,(H,31,32). The zero-order valence-electron chi connectivity index (χ0n) is 21.1. The molecule has 8 heteroatoms. The predicted molar refractivity (Wildman–Crippen MR) is 150 cm³/mol. The minimum atomic E-state index is -3.62. The third kappa shape index (κ3) is 6.53. The number of benzene rings is 3. The summed E-state index contributed by atoms with van der Waals surface area (Å²) >= 11 is 0. The van der Waals surface area contributed by atoms with Gasteiger partial charge in [0.05, 0.1) is 10.4 Å². The maximum absolute atomic E-state index is 13.0. The fraction of sp³-hybridized carbons (Fsp3) is 0.276. The van der Waals surface area contributed by atoms with E-state index >= 15 is 0 Å². The molecule has 1 aromatic heterocycles. The fourth-order valence-corrected chi connectivity index (χ4v) is 5.81. The normalized spacial score (nSPS) is 15.2. The Kier molecular flexibility index (Phi) is 7.81. The molecular formula is C29H33N5O2S. The van der Waals surface area contributed by atoms with Gasteiger partial charge in [-0.3, -0.25) is 14.8 Å². The molecule has 0 aliphatic carbocycles. The number of nitrogens with zero attached hydrogens (tertiary/aromatic N) is 3. The van der Waals surface area contributed by atoms with Crippen LogP contribution >= 0.6 is 0 Å². The van der Waals surface area contributed by atoms with E-state index in [2.05, 4.69) is 49.1 Å². The molecule has 5 rings (SSSR count). The second-order valence-electron chi connectivity index (χ2n) is 9.48. The number of aromatic nitrogens is 1. The first-order valence-corrected chi connectivity index (χ1v) is 14.2. The number of rotatable bonds is 9. The maximum Gasteiger partial charge on any atom is 0.240 e. The van der Waals surface area contributed by atoms with Gasteiger partial charge in [0, 0.05) is 68.3 Å². The Morgan fingerprint density at radius 2 is 1.57 bits per heavy atom. The van der Waals surface area contributed by atoms with Crippen LogP contribution in [0, 0.1) is 6.92 Å². The maximum atomic E-state index is 13.0. The van der Waals surface area contributed by atoms with Gasteiger partial charge in [-0.15, -0.1) is 0 Å². The van der Waals surface area contributed by atoms with E-state index < -0.39 is 10.0 Å². The molecule has 4 aromatic rings. The zero-order valence-corrected chi connectivity index (χ0v) is 21.9. The molecule has 7 nitrogen and oxygen atoms in total. The van der Waals surface area contributed by atoms with Gasteiger partial charge < -0.3 is 5.32 Å². The van der Waals surface area contributed by atoms with Crippen LogP contribution in [-0.4, -0.2) is 62.5 Å². The SMILES string of the molecule is Cc1cc(Nc2cccc(S(=O)(=O)NCCN3CCN(Cc4ccccc4)CC3)c2)c2ccccc2n1. The first-order valence-electron chi connectivity index (χ1n) is 12.7. The number of pyridine rings is 1. The van der Waals surface area contributed by atoms with E-state index in [1.54, 1.807) is 18.2 Å². The third-order valence-corrected chi connectivity index (χ3v) is 8.16. The largest absolute Gasteiger partial charge is 0.355 e. The number of para-hydroxylation sites is 1. The first-order chi connectivity index (χ1) is 18.0. The molecule has 0 amide bonds. The van der Waals surface area contributed by atoms with Crippen LogP contribution in [-0.2, 0) is 16.6 Å². The van der Waals surface area contributed by atoms with Crippen molar-refractivity contribution < 1.29 is 8.42 Å². The Morgan fingerprint density at radius 1 is 0.838 bits per heavy atom. The van der Waals surface area contributed by atoms with Crippen LogP contribution in [0.25, 0.3) is 10.9 Å². The molecule has 37 heavy (non-hydrogen) atoms. The topological polar surface area (TPSA) is 77.6 Å². The number of fused-ring (bicyclic) bond motifs is 1. The Bertz CT molecular complexity index is 1450. The monoisotopic (exact) mass is 515 g/mol. The number of hydrogen-bond donors (Lipinski definition) is 2. The van der Waals surface area contributed by atoms with Crippen LogP contribution in [0.1, 0.15) is 11.3 Å². The van der Waals surface area contributed by atoms with E-state index in [1.165, 1.54) is 5.56 Å². The highest BCUT2D eigenvalue weighted by Gasteiger charge is 2.19. The van der Waals surface area contributed by atoms with Gasteiger partial charge >= 0.3 is 0 Å². The fourth-order valence-electron chi connectivity index (χ4n) is 4.74. The van der Waals surface area contributed by atoms with Crippen LogP contribution in [0.15, 0.2) is 89.8 Å². The van der Waals surface area contributed by atoms with Gasteiger partial charge in [0.25, 0.3) is 0 Å². The average molecular weight is 516 g/mol. The van der Waals surface area contributed by atoms with Crippen molar-refractivity contribution in [3.05, 3.63) is 96.2 Å². The molecule has 0 unspecified atom stereocenters. The summed E-state index contributed by atoms with van der Waals surface area (Å²) in [7, 11) is -3.62. The van der Waals surface area contributed by atoms with E-state index in [-0.39, 0.29) is 4.90 Å². The number of nitrogens with one attached hydrogen (secondary N) is 2. The summed E-state index contributed by atoms with van der Waals surface area (Å²) in [4.78, 5) is 9.59. The van der Waals surface area contributed by atoms with Crippen LogP contribution < -0.4 is 10.0 Å². The molecule has 1 aliphatic rings. The van der Waals surface area contributed by atoms with Crippen LogP contribution in [0.2, 0.25) is 0 Å². The molecule has 2 heterocycles. The lowest BCUT2D eigenvalue weighted by Gasteiger charge is -2.34. The zero-order chi connectivity index (χ0) is 25.7. The number of anilines is 2. The summed E-state index contributed by atoms with van der Waals surface area (Å²) in [5.74, 6) is 0. The molecule has 3 aromatic carbocycles. The van der Waals surface area contributed by atoms with Crippen LogP contribution in [0.5, 0.6) is 0 Å². The molecule has 192 valence electrons. The second-order valence-corrected chi connectivity index (χ2v) is 11.2. The van der Waals surface area contributed by atoms with Gasteiger partial charge in [-0.05, 0) is 42.8 Å². The van der Waals surface area contributed by atoms with Crippen molar-refractivity contribution in [1.82, 2.24) is 19.5 Å². The summed E-state index contributed by atoms with van der Waals surface area (Å²) in [5.41, 5.74) is 4.74. The molecule has 0 radical (unpaired) electrons. The van der Waals surface area contributed by atoms with Crippen LogP contribution in [0.3, 0.4) is 0 Å². The summed E-state index contributed by atoms with van der Waals surface area (Å²) < 4.78 is 28.8. The third-order valence-electron chi connectivity index (χ3n) is 6.70. The van der Waals surface area contributed by atoms with Gasteiger partial charge in [-0.2, -0.15) is 0 Å². The lowest BCUT2D eigenvalue weighted by atomic mass is 10.1. The first kappa shape index (κ1) is 25.4. The van der Waals surface area contributed by atoms with E-state index in [9.17, 15) is 8.42 Å². The van der Waals surface area contributed by atoms with Crippen LogP contribution in [0.4, 0.5) is 11.4 Å². The molecule has 2 N–H and O–H groups in total. The van der Waals surface area contributed by atoms with Crippen molar-refractivity contribution >= 4 is 32.3 Å².